The Hall–Kier alpha value is -1.29. The first-order chi connectivity index (χ1) is 7.12. The van der Waals surface area contributed by atoms with E-state index in [1.807, 2.05) is 6.07 Å². The van der Waals surface area contributed by atoms with E-state index < -0.39 is 0 Å². The van der Waals surface area contributed by atoms with E-state index in [1.54, 1.807) is 12.4 Å². The van der Waals surface area contributed by atoms with Crippen molar-refractivity contribution in [1.82, 2.24) is 4.98 Å². The highest BCUT2D eigenvalue weighted by atomic mass is 16.5. The first-order valence-electron chi connectivity index (χ1n) is 5.21. The zero-order chi connectivity index (χ0) is 10.9. The average Bonchev–Trinajstić information content (AvgIpc) is 2.51. The van der Waals surface area contributed by atoms with Gasteiger partial charge >= 0.3 is 0 Å². The maximum atomic E-state index is 5.84. The van der Waals surface area contributed by atoms with Gasteiger partial charge in [-0.3, -0.25) is 4.98 Å². The Morgan fingerprint density at radius 1 is 1.67 bits per heavy atom. The number of nitrogens with one attached hydrogen (secondary N) is 1. The summed E-state index contributed by atoms with van der Waals surface area (Å²) in [5.74, 6) is 0. The second kappa shape index (κ2) is 3.70. The molecule has 2 unspecified atom stereocenters. The maximum absolute atomic E-state index is 5.84. The molecule has 2 heterocycles. The van der Waals surface area contributed by atoms with Crippen LogP contribution in [0.4, 0.5) is 11.4 Å². The summed E-state index contributed by atoms with van der Waals surface area (Å²) in [4.78, 5) is 3.96. The fraction of sp³-hybridized carbons (Fsp3) is 0.545. The van der Waals surface area contributed by atoms with Crippen molar-refractivity contribution in [3.63, 3.8) is 0 Å². The molecule has 1 aliphatic rings. The van der Waals surface area contributed by atoms with Gasteiger partial charge in [0.25, 0.3) is 0 Å². The first kappa shape index (κ1) is 10.2. The number of rotatable bonds is 2. The van der Waals surface area contributed by atoms with Crippen molar-refractivity contribution in [1.29, 1.82) is 0 Å². The smallest absolute Gasteiger partial charge is 0.0774 e. The van der Waals surface area contributed by atoms with Gasteiger partial charge in [-0.25, -0.2) is 0 Å². The standard InChI is InChI=1S/C11H17N3O/c1-8-11(2,4-6-15-8)14-10-3-5-13-7-9(10)12/h3,5,7-8H,4,6,12H2,1-2H3,(H,13,14). The Kier molecular flexibility index (Phi) is 2.52. The van der Waals surface area contributed by atoms with Crippen LogP contribution >= 0.6 is 0 Å². The Balaban J connectivity index is 2.18. The van der Waals surface area contributed by atoms with Crippen LogP contribution in [0.3, 0.4) is 0 Å². The molecule has 1 fully saturated rings. The largest absolute Gasteiger partial charge is 0.396 e. The monoisotopic (exact) mass is 207 g/mol. The number of aromatic nitrogens is 1. The van der Waals surface area contributed by atoms with Crippen LogP contribution in [0.15, 0.2) is 18.5 Å². The van der Waals surface area contributed by atoms with Gasteiger partial charge in [0.05, 0.1) is 29.2 Å². The van der Waals surface area contributed by atoms with Crippen LogP contribution in [0.2, 0.25) is 0 Å². The molecule has 0 amide bonds. The van der Waals surface area contributed by atoms with Gasteiger partial charge in [0, 0.05) is 12.8 Å². The molecule has 0 aliphatic carbocycles. The molecule has 0 saturated carbocycles. The molecule has 15 heavy (non-hydrogen) atoms. The van der Waals surface area contributed by atoms with Crippen LogP contribution in [0, 0.1) is 0 Å². The number of anilines is 2. The van der Waals surface area contributed by atoms with Crippen LogP contribution < -0.4 is 11.1 Å². The third-order valence-electron chi connectivity index (χ3n) is 3.16. The summed E-state index contributed by atoms with van der Waals surface area (Å²) in [5, 5.41) is 3.45. The minimum atomic E-state index is -0.0323. The molecule has 3 N–H and O–H groups in total. The zero-order valence-corrected chi connectivity index (χ0v) is 9.16. The van der Waals surface area contributed by atoms with E-state index >= 15 is 0 Å². The molecule has 0 aromatic carbocycles. The van der Waals surface area contributed by atoms with E-state index in [1.165, 1.54) is 0 Å². The number of nitrogens with two attached hydrogens (primary N) is 1. The lowest BCUT2D eigenvalue weighted by Crippen LogP contribution is -2.41. The highest BCUT2D eigenvalue weighted by Crippen LogP contribution is 2.31. The lowest BCUT2D eigenvalue weighted by Gasteiger charge is -2.30. The molecule has 4 nitrogen and oxygen atoms in total. The lowest BCUT2D eigenvalue weighted by atomic mass is 9.94. The van der Waals surface area contributed by atoms with E-state index in [2.05, 4.69) is 24.1 Å². The number of hydrogen-bond acceptors (Lipinski definition) is 4. The van der Waals surface area contributed by atoms with Gasteiger partial charge in [-0.05, 0) is 26.3 Å². The van der Waals surface area contributed by atoms with Gasteiger partial charge in [0.1, 0.15) is 0 Å². The summed E-state index contributed by atoms with van der Waals surface area (Å²) < 4.78 is 5.56. The first-order valence-corrected chi connectivity index (χ1v) is 5.21. The predicted octanol–water partition coefficient (Wildman–Crippen LogP) is 1.64. The highest BCUT2D eigenvalue weighted by molar-refractivity contribution is 5.65. The molecule has 0 bridgehead atoms. The van der Waals surface area contributed by atoms with Crippen LogP contribution in [-0.4, -0.2) is 23.2 Å². The number of nitrogens with zero attached hydrogens (tertiary/aromatic N) is 1. The van der Waals surface area contributed by atoms with Crippen molar-refractivity contribution in [3.8, 4) is 0 Å². The fourth-order valence-corrected chi connectivity index (χ4v) is 1.83. The minimum Gasteiger partial charge on any atom is -0.396 e. The van der Waals surface area contributed by atoms with Gasteiger partial charge in [0.15, 0.2) is 0 Å². The van der Waals surface area contributed by atoms with Crippen molar-refractivity contribution in [2.24, 2.45) is 0 Å². The second-order valence-electron chi connectivity index (χ2n) is 4.27. The number of ether oxygens (including phenoxy) is 1. The lowest BCUT2D eigenvalue weighted by molar-refractivity contribution is 0.105. The molecular weight excluding hydrogens is 190 g/mol. The van der Waals surface area contributed by atoms with E-state index in [0.717, 1.165) is 18.7 Å². The topological polar surface area (TPSA) is 60.2 Å². The maximum Gasteiger partial charge on any atom is 0.0774 e. The van der Waals surface area contributed by atoms with Crippen LogP contribution in [0.25, 0.3) is 0 Å². The van der Waals surface area contributed by atoms with Crippen LogP contribution in [0.5, 0.6) is 0 Å². The Labute approximate surface area is 89.8 Å². The predicted molar refractivity (Wildman–Crippen MR) is 60.7 cm³/mol. The van der Waals surface area contributed by atoms with E-state index in [0.29, 0.717) is 5.69 Å². The van der Waals surface area contributed by atoms with Gasteiger partial charge in [-0.15, -0.1) is 0 Å². The fourth-order valence-electron chi connectivity index (χ4n) is 1.83. The molecule has 2 atom stereocenters. The molecule has 0 spiro atoms. The van der Waals surface area contributed by atoms with Crippen LogP contribution in [0.1, 0.15) is 20.3 Å². The Morgan fingerprint density at radius 3 is 3.07 bits per heavy atom. The van der Waals surface area contributed by atoms with Crippen molar-refractivity contribution < 1.29 is 4.74 Å². The summed E-state index contributed by atoms with van der Waals surface area (Å²) in [5.41, 5.74) is 7.42. The molecular formula is C11H17N3O. The van der Waals surface area contributed by atoms with E-state index in [9.17, 15) is 0 Å². The van der Waals surface area contributed by atoms with Crippen molar-refractivity contribution >= 4 is 11.4 Å². The average molecular weight is 207 g/mol. The third kappa shape index (κ3) is 1.90. The van der Waals surface area contributed by atoms with Crippen LogP contribution in [-0.2, 0) is 4.74 Å². The van der Waals surface area contributed by atoms with Gasteiger partial charge < -0.3 is 15.8 Å². The molecule has 2 rings (SSSR count). The highest BCUT2D eigenvalue weighted by Gasteiger charge is 2.37. The summed E-state index contributed by atoms with van der Waals surface area (Å²) in [6.45, 7) is 5.04. The van der Waals surface area contributed by atoms with Gasteiger partial charge in [0.2, 0.25) is 0 Å². The third-order valence-corrected chi connectivity index (χ3v) is 3.16. The molecule has 1 aromatic heterocycles. The SMILES string of the molecule is CC1OCCC1(C)Nc1ccncc1N. The molecule has 1 aromatic rings. The Bertz CT molecular complexity index is 355. The van der Waals surface area contributed by atoms with Crippen molar-refractivity contribution in [2.75, 3.05) is 17.7 Å². The zero-order valence-electron chi connectivity index (χ0n) is 9.16. The number of hydrogen-bond donors (Lipinski definition) is 2. The summed E-state index contributed by atoms with van der Waals surface area (Å²) >= 11 is 0. The normalized spacial score (nSPS) is 30.4. The quantitative estimate of drug-likeness (QED) is 0.774. The Morgan fingerprint density at radius 2 is 2.47 bits per heavy atom. The molecule has 1 aliphatic heterocycles. The van der Waals surface area contributed by atoms with E-state index in [-0.39, 0.29) is 11.6 Å². The van der Waals surface area contributed by atoms with Crippen molar-refractivity contribution in [3.05, 3.63) is 18.5 Å². The second-order valence-corrected chi connectivity index (χ2v) is 4.27. The molecule has 1 saturated heterocycles. The van der Waals surface area contributed by atoms with Crippen molar-refractivity contribution in [2.45, 2.75) is 31.9 Å². The number of pyridine rings is 1. The van der Waals surface area contributed by atoms with Gasteiger partial charge in [-0.1, -0.05) is 0 Å². The van der Waals surface area contributed by atoms with E-state index in [4.69, 9.17) is 10.5 Å². The molecule has 4 heteroatoms. The molecule has 82 valence electrons. The summed E-state index contributed by atoms with van der Waals surface area (Å²) in [6.07, 6.45) is 4.59. The number of nitrogen functional groups attached to an aromatic ring is 1. The minimum absolute atomic E-state index is 0.0323. The molecule has 0 radical (unpaired) electrons. The van der Waals surface area contributed by atoms with Gasteiger partial charge in [-0.2, -0.15) is 0 Å². The summed E-state index contributed by atoms with van der Waals surface area (Å²) in [6, 6.07) is 1.89. The summed E-state index contributed by atoms with van der Waals surface area (Å²) in [7, 11) is 0.